The molecule has 5 heteroatoms. The second-order valence-electron chi connectivity index (χ2n) is 4.60. The fourth-order valence-electron chi connectivity index (χ4n) is 1.82. The quantitative estimate of drug-likeness (QED) is 0.941. The lowest BCUT2D eigenvalue weighted by Crippen LogP contribution is -2.14. The Hall–Kier alpha value is -2.01. The zero-order valence-corrected chi connectivity index (χ0v) is 12.5. The summed E-state index contributed by atoms with van der Waals surface area (Å²) in [7, 11) is -2.11. The lowest BCUT2D eigenvalue weighted by molar-refractivity contribution is 0.413. The maximum Gasteiger partial charge on any atom is 0.262 e. The SMILES string of the molecule is COc1cccc(S(=O)(=O)Nc2cc(C)ccc2C)c1. The molecule has 2 rings (SSSR count). The summed E-state index contributed by atoms with van der Waals surface area (Å²) in [4.78, 5) is 0.178. The molecule has 0 saturated carbocycles. The summed E-state index contributed by atoms with van der Waals surface area (Å²) < 4.78 is 32.4. The molecule has 0 aromatic heterocycles. The molecule has 0 bridgehead atoms. The minimum Gasteiger partial charge on any atom is -0.497 e. The summed E-state index contributed by atoms with van der Waals surface area (Å²) in [5, 5.41) is 0. The van der Waals surface area contributed by atoms with Crippen LogP contribution in [-0.2, 0) is 10.0 Å². The van der Waals surface area contributed by atoms with Gasteiger partial charge in [-0.3, -0.25) is 4.72 Å². The number of sulfonamides is 1. The van der Waals surface area contributed by atoms with Gasteiger partial charge in [0, 0.05) is 6.07 Å². The van der Waals surface area contributed by atoms with E-state index >= 15 is 0 Å². The molecule has 0 aliphatic carbocycles. The molecule has 0 aliphatic rings. The Morgan fingerprint density at radius 2 is 1.80 bits per heavy atom. The summed E-state index contributed by atoms with van der Waals surface area (Å²) >= 11 is 0. The molecule has 0 unspecified atom stereocenters. The van der Waals surface area contributed by atoms with Gasteiger partial charge in [0.05, 0.1) is 17.7 Å². The van der Waals surface area contributed by atoms with Gasteiger partial charge in [0.25, 0.3) is 10.0 Å². The van der Waals surface area contributed by atoms with Crippen LogP contribution in [0.4, 0.5) is 5.69 Å². The molecule has 2 aromatic carbocycles. The van der Waals surface area contributed by atoms with Gasteiger partial charge < -0.3 is 4.74 Å². The van der Waals surface area contributed by atoms with Gasteiger partial charge in [-0.05, 0) is 43.2 Å². The van der Waals surface area contributed by atoms with Crippen molar-refractivity contribution in [2.75, 3.05) is 11.8 Å². The summed E-state index contributed by atoms with van der Waals surface area (Å²) in [5.41, 5.74) is 2.47. The highest BCUT2D eigenvalue weighted by molar-refractivity contribution is 7.92. The molecule has 0 aliphatic heterocycles. The summed E-state index contributed by atoms with van der Waals surface area (Å²) in [5.74, 6) is 0.508. The Balaban J connectivity index is 2.38. The van der Waals surface area contributed by atoms with Gasteiger partial charge >= 0.3 is 0 Å². The van der Waals surface area contributed by atoms with Gasteiger partial charge in [0.15, 0.2) is 0 Å². The number of rotatable bonds is 4. The number of ether oxygens (including phenoxy) is 1. The third-order valence-corrected chi connectivity index (χ3v) is 4.35. The second kappa shape index (κ2) is 5.54. The Kier molecular flexibility index (Phi) is 3.99. The molecule has 0 saturated heterocycles. The maximum atomic E-state index is 12.4. The number of benzene rings is 2. The molecule has 0 atom stereocenters. The highest BCUT2D eigenvalue weighted by atomic mass is 32.2. The first-order valence-corrected chi connectivity index (χ1v) is 7.65. The van der Waals surface area contributed by atoms with E-state index in [0.717, 1.165) is 11.1 Å². The zero-order chi connectivity index (χ0) is 14.8. The molecule has 0 amide bonds. The van der Waals surface area contributed by atoms with Crippen molar-refractivity contribution in [3.8, 4) is 5.75 Å². The van der Waals surface area contributed by atoms with Crippen molar-refractivity contribution in [1.82, 2.24) is 0 Å². The number of hydrogen-bond donors (Lipinski definition) is 1. The van der Waals surface area contributed by atoms with E-state index < -0.39 is 10.0 Å². The lowest BCUT2D eigenvalue weighted by Gasteiger charge is -2.12. The van der Waals surface area contributed by atoms with Crippen LogP contribution < -0.4 is 9.46 Å². The van der Waals surface area contributed by atoms with Crippen LogP contribution in [0.15, 0.2) is 47.4 Å². The average Bonchev–Trinajstić information content (AvgIpc) is 2.43. The van der Waals surface area contributed by atoms with Crippen molar-refractivity contribution >= 4 is 15.7 Å². The Bertz CT molecular complexity index is 724. The first kappa shape index (κ1) is 14.4. The van der Waals surface area contributed by atoms with Crippen molar-refractivity contribution in [3.63, 3.8) is 0 Å². The minimum absolute atomic E-state index is 0.178. The fourth-order valence-corrected chi connectivity index (χ4v) is 2.97. The van der Waals surface area contributed by atoms with Gasteiger partial charge in [0.2, 0.25) is 0 Å². The van der Waals surface area contributed by atoms with Crippen LogP contribution in [0.1, 0.15) is 11.1 Å². The molecule has 1 N–H and O–H groups in total. The van der Waals surface area contributed by atoms with E-state index in [4.69, 9.17) is 4.74 Å². The first-order chi connectivity index (χ1) is 9.42. The van der Waals surface area contributed by atoms with Crippen LogP contribution in [0.5, 0.6) is 5.75 Å². The summed E-state index contributed by atoms with van der Waals surface area (Å²) in [6.07, 6.45) is 0. The van der Waals surface area contributed by atoms with Gasteiger partial charge in [0.1, 0.15) is 5.75 Å². The molecule has 0 fully saturated rings. The summed E-state index contributed by atoms with van der Waals surface area (Å²) in [6, 6.07) is 12.0. The van der Waals surface area contributed by atoms with Crippen LogP contribution in [0.3, 0.4) is 0 Å². The number of hydrogen-bond acceptors (Lipinski definition) is 3. The van der Waals surface area contributed by atoms with E-state index in [2.05, 4.69) is 4.72 Å². The molecule has 106 valence electrons. The zero-order valence-electron chi connectivity index (χ0n) is 11.7. The predicted molar refractivity (Wildman–Crippen MR) is 79.7 cm³/mol. The lowest BCUT2D eigenvalue weighted by atomic mass is 10.1. The first-order valence-electron chi connectivity index (χ1n) is 6.16. The Labute approximate surface area is 119 Å². The Morgan fingerprint density at radius 3 is 2.50 bits per heavy atom. The van der Waals surface area contributed by atoms with Gasteiger partial charge in [-0.2, -0.15) is 0 Å². The van der Waals surface area contributed by atoms with E-state index in [1.807, 2.05) is 32.0 Å². The monoisotopic (exact) mass is 291 g/mol. The number of aryl methyl sites for hydroxylation is 2. The fraction of sp³-hybridized carbons (Fsp3) is 0.200. The van der Waals surface area contributed by atoms with E-state index in [0.29, 0.717) is 11.4 Å². The normalized spacial score (nSPS) is 11.2. The van der Waals surface area contributed by atoms with Crippen LogP contribution in [0.2, 0.25) is 0 Å². The van der Waals surface area contributed by atoms with E-state index in [-0.39, 0.29) is 4.90 Å². The standard InChI is InChI=1S/C15H17NO3S/c1-11-7-8-12(2)15(9-11)16-20(17,18)14-6-4-5-13(10-14)19-3/h4-10,16H,1-3H3. The second-order valence-corrected chi connectivity index (χ2v) is 6.29. The molecule has 0 spiro atoms. The minimum atomic E-state index is -3.62. The Morgan fingerprint density at radius 1 is 1.05 bits per heavy atom. The van der Waals surface area contributed by atoms with Crippen molar-refractivity contribution in [1.29, 1.82) is 0 Å². The largest absolute Gasteiger partial charge is 0.497 e. The number of methoxy groups -OCH3 is 1. The van der Waals surface area contributed by atoms with Crippen LogP contribution >= 0.6 is 0 Å². The van der Waals surface area contributed by atoms with Crippen LogP contribution in [0.25, 0.3) is 0 Å². The van der Waals surface area contributed by atoms with Gasteiger partial charge in [-0.25, -0.2) is 8.42 Å². The smallest absolute Gasteiger partial charge is 0.262 e. The van der Waals surface area contributed by atoms with Crippen molar-refractivity contribution in [2.24, 2.45) is 0 Å². The van der Waals surface area contributed by atoms with E-state index in [1.165, 1.54) is 19.2 Å². The van der Waals surface area contributed by atoms with Crippen molar-refractivity contribution in [3.05, 3.63) is 53.6 Å². The predicted octanol–water partition coefficient (Wildman–Crippen LogP) is 3.11. The highest BCUT2D eigenvalue weighted by Crippen LogP contribution is 2.23. The van der Waals surface area contributed by atoms with E-state index in [9.17, 15) is 8.42 Å². The summed E-state index contributed by atoms with van der Waals surface area (Å²) in [6.45, 7) is 3.78. The molecule has 2 aromatic rings. The molecular formula is C15H17NO3S. The molecule has 20 heavy (non-hydrogen) atoms. The third kappa shape index (κ3) is 3.11. The van der Waals surface area contributed by atoms with Crippen LogP contribution in [0, 0.1) is 13.8 Å². The molecule has 0 radical (unpaired) electrons. The van der Waals surface area contributed by atoms with Crippen molar-refractivity contribution < 1.29 is 13.2 Å². The van der Waals surface area contributed by atoms with E-state index in [1.54, 1.807) is 12.1 Å². The topological polar surface area (TPSA) is 55.4 Å². The van der Waals surface area contributed by atoms with Gasteiger partial charge in [-0.15, -0.1) is 0 Å². The maximum absolute atomic E-state index is 12.4. The average molecular weight is 291 g/mol. The van der Waals surface area contributed by atoms with Gasteiger partial charge in [-0.1, -0.05) is 18.2 Å². The van der Waals surface area contributed by atoms with Crippen LogP contribution in [-0.4, -0.2) is 15.5 Å². The molecular weight excluding hydrogens is 274 g/mol. The molecule has 4 nitrogen and oxygen atoms in total. The molecule has 0 heterocycles. The van der Waals surface area contributed by atoms with Crippen molar-refractivity contribution in [2.45, 2.75) is 18.7 Å². The third-order valence-electron chi connectivity index (χ3n) is 2.99. The number of anilines is 1. The number of nitrogens with one attached hydrogen (secondary N) is 1. The highest BCUT2D eigenvalue weighted by Gasteiger charge is 2.16.